The second kappa shape index (κ2) is 5.64. The van der Waals surface area contributed by atoms with Gasteiger partial charge in [-0.25, -0.2) is 0 Å². The third-order valence-corrected chi connectivity index (χ3v) is 6.89. The molecule has 0 aromatic heterocycles. The van der Waals surface area contributed by atoms with Crippen molar-refractivity contribution in [3.8, 4) is 0 Å². The van der Waals surface area contributed by atoms with E-state index in [1.54, 1.807) is 6.07 Å². The van der Waals surface area contributed by atoms with Crippen molar-refractivity contribution in [3.05, 3.63) is 35.4 Å². The maximum atomic E-state index is 13.1. The fourth-order valence-corrected chi connectivity index (χ4v) is 6.12. The number of alkyl halides is 3. The van der Waals surface area contributed by atoms with Gasteiger partial charge in [0.1, 0.15) is 0 Å². The monoisotopic (exact) mass is 332 g/mol. The van der Waals surface area contributed by atoms with Gasteiger partial charge in [-0.05, 0) is 37.3 Å². The van der Waals surface area contributed by atoms with Crippen LogP contribution in [0.5, 0.6) is 0 Å². The number of rotatable bonds is 2. The third kappa shape index (κ3) is 3.08. The highest BCUT2D eigenvalue weighted by Gasteiger charge is 2.46. The molecule has 2 atom stereocenters. The summed E-state index contributed by atoms with van der Waals surface area (Å²) in [5, 5.41) is 10.7. The Bertz CT molecular complexity index is 569. The Labute approximate surface area is 130 Å². The maximum Gasteiger partial charge on any atom is 0.416 e. The summed E-state index contributed by atoms with van der Waals surface area (Å²) < 4.78 is 51.5. The van der Waals surface area contributed by atoms with E-state index in [1.165, 1.54) is 12.1 Å². The Kier molecular flexibility index (Phi) is 4.10. The smallest absolute Gasteiger partial charge is 0.389 e. The van der Waals surface area contributed by atoms with Crippen LogP contribution in [0.15, 0.2) is 24.3 Å². The van der Waals surface area contributed by atoms with Crippen LogP contribution in [0.2, 0.25) is 0 Å². The Hall–Kier alpha value is -0.880. The Balaban J connectivity index is 1.86. The molecule has 0 amide bonds. The van der Waals surface area contributed by atoms with Gasteiger partial charge in [0.25, 0.3) is 0 Å². The molecule has 2 heterocycles. The van der Waals surface area contributed by atoms with Crippen LogP contribution in [0, 0.1) is 0 Å². The zero-order valence-corrected chi connectivity index (χ0v) is 12.9. The first-order chi connectivity index (χ1) is 10.3. The van der Waals surface area contributed by atoms with Crippen molar-refractivity contribution in [1.29, 1.82) is 0 Å². The van der Waals surface area contributed by atoms with Gasteiger partial charge >= 0.3 is 6.18 Å². The molecule has 3 rings (SSSR count). The van der Waals surface area contributed by atoms with Gasteiger partial charge in [0.2, 0.25) is 0 Å². The third-order valence-electron chi connectivity index (χ3n) is 4.77. The van der Waals surface area contributed by atoms with E-state index < -0.39 is 28.1 Å². The van der Waals surface area contributed by atoms with E-state index >= 15 is 0 Å². The van der Waals surface area contributed by atoms with E-state index in [9.17, 15) is 22.5 Å². The molecule has 2 fully saturated rings. The van der Waals surface area contributed by atoms with Crippen LogP contribution in [-0.4, -0.2) is 25.4 Å². The molecule has 0 radical (unpaired) electrons. The average molecular weight is 332 g/mol. The van der Waals surface area contributed by atoms with Crippen LogP contribution >= 0.6 is 0 Å². The standard InChI is InChI=1S/C16H19F3O2S/c17-16(18,19)14-7-2-1-4-11(14)8-15(20)9-12-5-3-6-13(10-15)22(12)21/h1-2,4,7,12-13,20H,3,5-6,8-10H2. The summed E-state index contributed by atoms with van der Waals surface area (Å²) in [4.78, 5) is 0. The Morgan fingerprint density at radius 2 is 1.77 bits per heavy atom. The van der Waals surface area contributed by atoms with Crippen molar-refractivity contribution in [2.45, 2.75) is 60.8 Å². The normalized spacial score (nSPS) is 35.4. The lowest BCUT2D eigenvalue weighted by Crippen LogP contribution is -2.50. The molecule has 6 heteroatoms. The molecule has 122 valence electrons. The Morgan fingerprint density at radius 1 is 1.18 bits per heavy atom. The molecule has 22 heavy (non-hydrogen) atoms. The molecule has 2 saturated heterocycles. The van der Waals surface area contributed by atoms with Crippen LogP contribution in [0.3, 0.4) is 0 Å². The zero-order valence-electron chi connectivity index (χ0n) is 12.1. The minimum absolute atomic E-state index is 0.0209. The number of halogens is 3. The molecule has 2 unspecified atom stereocenters. The minimum atomic E-state index is -4.42. The summed E-state index contributed by atoms with van der Waals surface area (Å²) >= 11 is 0. The Morgan fingerprint density at radius 3 is 2.36 bits per heavy atom. The van der Waals surface area contributed by atoms with Gasteiger partial charge in [0.05, 0.1) is 11.2 Å². The first kappa shape index (κ1) is 16.0. The van der Waals surface area contributed by atoms with E-state index in [-0.39, 0.29) is 22.5 Å². The first-order valence-electron chi connectivity index (χ1n) is 7.55. The molecule has 1 aromatic carbocycles. The molecule has 0 aliphatic carbocycles. The highest BCUT2D eigenvalue weighted by Crippen LogP contribution is 2.42. The van der Waals surface area contributed by atoms with E-state index in [2.05, 4.69) is 0 Å². The van der Waals surface area contributed by atoms with Crippen LogP contribution < -0.4 is 0 Å². The van der Waals surface area contributed by atoms with Crippen molar-refractivity contribution in [2.75, 3.05) is 0 Å². The molecular formula is C16H19F3O2S. The maximum absolute atomic E-state index is 13.1. The van der Waals surface area contributed by atoms with Gasteiger partial charge in [0, 0.05) is 27.7 Å². The van der Waals surface area contributed by atoms with Gasteiger partial charge in [-0.3, -0.25) is 4.21 Å². The summed E-state index contributed by atoms with van der Waals surface area (Å²) in [6.45, 7) is 0. The van der Waals surface area contributed by atoms with Crippen LogP contribution in [0.4, 0.5) is 13.2 Å². The van der Waals surface area contributed by atoms with Gasteiger partial charge in [-0.1, -0.05) is 24.6 Å². The highest BCUT2D eigenvalue weighted by molar-refractivity contribution is 7.86. The topological polar surface area (TPSA) is 37.3 Å². The SMILES string of the molecule is O=S1C2CCCC1CC(O)(Cc1ccccc1C(F)(F)F)C2. The van der Waals surface area contributed by atoms with E-state index in [1.807, 2.05) is 0 Å². The van der Waals surface area contributed by atoms with Gasteiger partial charge < -0.3 is 5.11 Å². The number of fused-ring (bicyclic) bond motifs is 2. The number of hydrogen-bond acceptors (Lipinski definition) is 2. The molecule has 0 saturated carbocycles. The summed E-state index contributed by atoms with van der Waals surface area (Å²) in [6, 6.07) is 5.42. The van der Waals surface area contributed by atoms with Crippen LogP contribution in [0.1, 0.15) is 43.2 Å². The summed E-state index contributed by atoms with van der Waals surface area (Å²) in [5.74, 6) is 0. The molecule has 2 bridgehead atoms. The largest absolute Gasteiger partial charge is 0.416 e. The van der Waals surface area contributed by atoms with Crippen LogP contribution in [0.25, 0.3) is 0 Å². The van der Waals surface area contributed by atoms with E-state index in [0.717, 1.165) is 25.3 Å². The number of benzene rings is 1. The van der Waals surface area contributed by atoms with Crippen molar-refractivity contribution in [3.63, 3.8) is 0 Å². The summed E-state index contributed by atoms with van der Waals surface area (Å²) in [6.07, 6.45) is -1.17. The molecule has 2 aliphatic rings. The fraction of sp³-hybridized carbons (Fsp3) is 0.625. The summed E-state index contributed by atoms with van der Waals surface area (Å²) in [7, 11) is -0.945. The summed E-state index contributed by atoms with van der Waals surface area (Å²) in [5.41, 5.74) is -1.73. The van der Waals surface area contributed by atoms with E-state index in [4.69, 9.17) is 0 Å². The molecule has 2 nitrogen and oxygen atoms in total. The first-order valence-corrected chi connectivity index (χ1v) is 8.83. The second-order valence-electron chi connectivity index (χ2n) is 6.47. The lowest BCUT2D eigenvalue weighted by molar-refractivity contribution is -0.138. The molecule has 2 aliphatic heterocycles. The fourth-order valence-electron chi connectivity index (χ4n) is 3.83. The average Bonchev–Trinajstić information content (AvgIpc) is 2.40. The van der Waals surface area contributed by atoms with Crippen molar-refractivity contribution >= 4 is 10.8 Å². The lowest BCUT2D eigenvalue weighted by Gasteiger charge is -2.43. The molecule has 0 spiro atoms. The number of hydrogen-bond donors (Lipinski definition) is 1. The number of aliphatic hydroxyl groups is 1. The predicted octanol–water partition coefficient (Wildman–Crippen LogP) is 3.44. The van der Waals surface area contributed by atoms with Crippen molar-refractivity contribution in [2.24, 2.45) is 0 Å². The van der Waals surface area contributed by atoms with Gasteiger partial charge in [-0.2, -0.15) is 13.2 Å². The zero-order chi connectivity index (χ0) is 16.0. The van der Waals surface area contributed by atoms with Gasteiger partial charge in [-0.15, -0.1) is 0 Å². The van der Waals surface area contributed by atoms with Crippen molar-refractivity contribution in [1.82, 2.24) is 0 Å². The quantitative estimate of drug-likeness (QED) is 0.901. The van der Waals surface area contributed by atoms with E-state index in [0.29, 0.717) is 12.8 Å². The van der Waals surface area contributed by atoms with Gasteiger partial charge in [0.15, 0.2) is 0 Å². The predicted molar refractivity (Wildman–Crippen MR) is 78.9 cm³/mol. The van der Waals surface area contributed by atoms with Crippen LogP contribution in [-0.2, 0) is 23.4 Å². The lowest BCUT2D eigenvalue weighted by atomic mass is 9.80. The second-order valence-corrected chi connectivity index (χ2v) is 8.46. The molecular weight excluding hydrogens is 313 g/mol. The molecule has 1 N–H and O–H groups in total. The van der Waals surface area contributed by atoms with Crippen molar-refractivity contribution < 1.29 is 22.5 Å². The molecule has 1 aromatic rings. The highest BCUT2D eigenvalue weighted by atomic mass is 32.2. The minimum Gasteiger partial charge on any atom is -0.389 e.